The van der Waals surface area contributed by atoms with Gasteiger partial charge in [-0.15, -0.1) is 0 Å². The van der Waals surface area contributed by atoms with Crippen LogP contribution >= 0.6 is 0 Å². The van der Waals surface area contributed by atoms with Gasteiger partial charge in [-0.1, -0.05) is 6.07 Å². The number of hydrogen-bond acceptors (Lipinski definition) is 5. The van der Waals surface area contributed by atoms with Gasteiger partial charge in [-0.25, -0.2) is 9.97 Å². The highest BCUT2D eigenvalue weighted by Crippen LogP contribution is 2.23. The summed E-state index contributed by atoms with van der Waals surface area (Å²) < 4.78 is 5.93. The van der Waals surface area contributed by atoms with Gasteiger partial charge in [0, 0.05) is 39.4 Å². The Morgan fingerprint density at radius 3 is 3.00 bits per heavy atom. The van der Waals surface area contributed by atoms with Crippen LogP contribution in [0.1, 0.15) is 23.2 Å². The first-order chi connectivity index (χ1) is 10.6. The van der Waals surface area contributed by atoms with Gasteiger partial charge in [0.2, 0.25) is 0 Å². The molecule has 0 aliphatic carbocycles. The number of hydrogen-bond donors (Lipinski definition) is 1. The predicted octanol–water partition coefficient (Wildman–Crippen LogP) is 1.75. The molecule has 0 spiro atoms. The monoisotopic (exact) mass is 301 g/mol. The Morgan fingerprint density at radius 2 is 2.27 bits per heavy atom. The van der Waals surface area contributed by atoms with Crippen molar-refractivity contribution in [1.82, 2.24) is 19.9 Å². The van der Waals surface area contributed by atoms with Crippen LogP contribution in [0.25, 0.3) is 0 Å². The van der Waals surface area contributed by atoms with Crippen molar-refractivity contribution in [2.24, 2.45) is 0 Å². The number of aromatic nitrogens is 3. The van der Waals surface area contributed by atoms with E-state index in [2.05, 4.69) is 21.8 Å². The number of pyridine rings is 1. The molecule has 1 unspecified atom stereocenters. The first kappa shape index (κ1) is 15.0. The van der Waals surface area contributed by atoms with Gasteiger partial charge in [-0.2, -0.15) is 0 Å². The zero-order valence-corrected chi connectivity index (χ0v) is 13.4. The van der Waals surface area contributed by atoms with Crippen LogP contribution in [0.5, 0.6) is 0 Å². The zero-order chi connectivity index (χ0) is 15.5. The molecule has 0 aromatic carbocycles. The Bertz CT molecular complexity index is 625. The quantitative estimate of drug-likeness (QED) is 0.932. The minimum atomic E-state index is 0.0212. The number of nitrogens with zero attached hydrogens (tertiary/aromatic N) is 4. The first-order valence-electron chi connectivity index (χ1n) is 7.60. The van der Waals surface area contributed by atoms with Crippen LogP contribution in [-0.2, 0) is 11.3 Å². The number of aromatic amines is 1. The van der Waals surface area contributed by atoms with Crippen molar-refractivity contribution in [2.45, 2.75) is 19.6 Å². The normalized spacial score (nSPS) is 19.3. The molecule has 1 fully saturated rings. The molecule has 6 heteroatoms. The second-order valence-electron chi connectivity index (χ2n) is 5.88. The third-order valence-electron chi connectivity index (χ3n) is 4.00. The third kappa shape index (κ3) is 3.28. The maximum atomic E-state index is 5.93. The van der Waals surface area contributed by atoms with Crippen LogP contribution in [0, 0.1) is 6.92 Å². The molecule has 22 heavy (non-hydrogen) atoms. The summed E-state index contributed by atoms with van der Waals surface area (Å²) in [6, 6.07) is 6.09. The average molecular weight is 301 g/mol. The lowest BCUT2D eigenvalue weighted by molar-refractivity contribution is -0.0353. The van der Waals surface area contributed by atoms with Gasteiger partial charge < -0.3 is 14.6 Å². The van der Waals surface area contributed by atoms with Gasteiger partial charge in [0.05, 0.1) is 24.3 Å². The second kappa shape index (κ2) is 6.46. The smallest absolute Gasteiger partial charge is 0.128 e. The van der Waals surface area contributed by atoms with E-state index < -0.39 is 0 Å². The molecular formula is C16H23N5O. The van der Waals surface area contributed by atoms with E-state index in [0.29, 0.717) is 0 Å². The Kier molecular flexibility index (Phi) is 4.40. The fourth-order valence-electron chi connectivity index (χ4n) is 2.65. The van der Waals surface area contributed by atoms with Gasteiger partial charge in [0.25, 0.3) is 0 Å². The lowest BCUT2D eigenvalue weighted by Crippen LogP contribution is -2.38. The molecular weight excluding hydrogens is 278 g/mol. The van der Waals surface area contributed by atoms with Gasteiger partial charge in [-0.3, -0.25) is 4.90 Å². The van der Waals surface area contributed by atoms with Crippen LogP contribution in [0.3, 0.4) is 0 Å². The molecule has 118 valence electrons. The Labute approximate surface area is 131 Å². The number of morpholine rings is 1. The average Bonchev–Trinajstić information content (AvgIpc) is 2.93. The fourth-order valence-corrected chi connectivity index (χ4v) is 2.65. The van der Waals surface area contributed by atoms with Crippen molar-refractivity contribution in [2.75, 3.05) is 38.7 Å². The van der Waals surface area contributed by atoms with Crippen molar-refractivity contribution in [3.8, 4) is 0 Å². The van der Waals surface area contributed by atoms with Gasteiger partial charge in [-0.05, 0) is 19.1 Å². The van der Waals surface area contributed by atoms with Crippen LogP contribution in [0.2, 0.25) is 0 Å². The summed E-state index contributed by atoms with van der Waals surface area (Å²) in [6.07, 6.45) is 1.78. The predicted molar refractivity (Wildman–Crippen MR) is 85.9 cm³/mol. The topological polar surface area (TPSA) is 57.3 Å². The van der Waals surface area contributed by atoms with Crippen molar-refractivity contribution < 1.29 is 4.74 Å². The highest BCUT2D eigenvalue weighted by Gasteiger charge is 2.24. The van der Waals surface area contributed by atoms with E-state index in [9.17, 15) is 0 Å². The molecule has 1 saturated heterocycles. The van der Waals surface area contributed by atoms with Gasteiger partial charge in [0.1, 0.15) is 11.9 Å². The number of nitrogens with one attached hydrogen (secondary N) is 1. The summed E-state index contributed by atoms with van der Waals surface area (Å²) in [6.45, 7) is 5.40. The van der Waals surface area contributed by atoms with E-state index in [0.717, 1.165) is 49.1 Å². The van der Waals surface area contributed by atoms with Crippen LogP contribution < -0.4 is 4.90 Å². The summed E-state index contributed by atoms with van der Waals surface area (Å²) in [5, 5.41) is 0. The van der Waals surface area contributed by atoms with E-state index in [-0.39, 0.29) is 6.10 Å². The highest BCUT2D eigenvalue weighted by atomic mass is 16.5. The third-order valence-corrected chi connectivity index (χ3v) is 4.00. The fraction of sp³-hybridized carbons (Fsp3) is 0.500. The van der Waals surface area contributed by atoms with E-state index in [1.807, 2.05) is 37.2 Å². The zero-order valence-electron chi connectivity index (χ0n) is 13.4. The largest absolute Gasteiger partial charge is 0.369 e. The number of ether oxygens (including phenoxy) is 1. The van der Waals surface area contributed by atoms with Crippen molar-refractivity contribution in [1.29, 1.82) is 0 Å². The molecule has 1 aliphatic rings. The van der Waals surface area contributed by atoms with Crippen molar-refractivity contribution >= 4 is 5.82 Å². The maximum absolute atomic E-state index is 5.93. The van der Waals surface area contributed by atoms with E-state index in [1.54, 1.807) is 6.33 Å². The van der Waals surface area contributed by atoms with E-state index in [1.165, 1.54) is 0 Å². The summed E-state index contributed by atoms with van der Waals surface area (Å²) in [5.74, 6) is 0.960. The highest BCUT2D eigenvalue weighted by molar-refractivity contribution is 5.37. The summed E-state index contributed by atoms with van der Waals surface area (Å²) in [7, 11) is 4.00. The number of imidazole rings is 1. The number of anilines is 1. The molecule has 3 rings (SSSR count). The molecule has 0 bridgehead atoms. The maximum Gasteiger partial charge on any atom is 0.128 e. The molecule has 1 aliphatic heterocycles. The molecule has 0 saturated carbocycles. The number of H-pyrrole nitrogens is 1. The van der Waals surface area contributed by atoms with Crippen molar-refractivity contribution in [3.05, 3.63) is 41.6 Å². The molecule has 2 aromatic heterocycles. The minimum absolute atomic E-state index is 0.0212. The lowest BCUT2D eigenvalue weighted by Gasteiger charge is -2.32. The first-order valence-corrected chi connectivity index (χ1v) is 7.60. The van der Waals surface area contributed by atoms with Crippen molar-refractivity contribution in [3.63, 3.8) is 0 Å². The summed E-state index contributed by atoms with van der Waals surface area (Å²) in [4.78, 5) is 16.6. The van der Waals surface area contributed by atoms with Crippen LogP contribution in [0.4, 0.5) is 5.82 Å². The Hall–Kier alpha value is -1.92. The SMILES string of the molecule is Cc1[nH]cnc1CN1CCOC(c2cccc(N(C)C)n2)C1. The molecule has 1 N–H and O–H groups in total. The van der Waals surface area contributed by atoms with E-state index >= 15 is 0 Å². The second-order valence-corrected chi connectivity index (χ2v) is 5.88. The molecule has 1 atom stereocenters. The van der Waals surface area contributed by atoms with Crippen LogP contribution in [-0.4, -0.2) is 53.6 Å². The molecule has 6 nitrogen and oxygen atoms in total. The Morgan fingerprint density at radius 1 is 1.41 bits per heavy atom. The molecule has 0 amide bonds. The van der Waals surface area contributed by atoms with Gasteiger partial charge >= 0.3 is 0 Å². The molecule has 3 heterocycles. The Balaban J connectivity index is 1.70. The number of aryl methyl sites for hydroxylation is 1. The van der Waals surface area contributed by atoms with E-state index in [4.69, 9.17) is 9.72 Å². The molecule has 0 radical (unpaired) electrons. The summed E-state index contributed by atoms with van der Waals surface area (Å²) in [5.41, 5.74) is 3.24. The van der Waals surface area contributed by atoms with Crippen LogP contribution in [0.15, 0.2) is 24.5 Å². The minimum Gasteiger partial charge on any atom is -0.369 e. The standard InChI is InChI=1S/C16H23N5O/c1-12-14(18-11-17-12)9-21-7-8-22-15(10-21)13-5-4-6-16(19-13)20(2)3/h4-6,11,15H,7-10H2,1-3H3,(H,17,18). The summed E-state index contributed by atoms with van der Waals surface area (Å²) >= 11 is 0. The molecule has 2 aromatic rings. The number of rotatable bonds is 4. The van der Waals surface area contributed by atoms with Gasteiger partial charge in [0.15, 0.2) is 0 Å². The lowest BCUT2D eigenvalue weighted by atomic mass is 10.1.